The minimum absolute atomic E-state index is 0.151. The van der Waals surface area contributed by atoms with E-state index in [0.717, 1.165) is 11.9 Å². The Kier molecular flexibility index (Phi) is 7.46. The van der Waals surface area contributed by atoms with Crippen molar-refractivity contribution in [1.82, 2.24) is 0 Å². The van der Waals surface area contributed by atoms with Gasteiger partial charge in [0.25, 0.3) is 0 Å². The minimum atomic E-state index is -0.463. The van der Waals surface area contributed by atoms with Crippen LogP contribution in [0.25, 0.3) is 0 Å². The van der Waals surface area contributed by atoms with Gasteiger partial charge in [0, 0.05) is 0 Å². The summed E-state index contributed by atoms with van der Waals surface area (Å²) in [5.74, 6) is -0.463. The number of carbonyl (C=O) groups is 2. The second-order valence-corrected chi connectivity index (χ2v) is 4.38. The Labute approximate surface area is 104 Å². The second kappa shape index (κ2) is 8.05. The molecule has 0 aliphatic rings. The maximum Gasteiger partial charge on any atom is 0.337 e. The fraction of sp³-hybridized carbons (Fsp3) is 0.333. The molecule has 0 rings (SSSR count). The number of rotatable bonds is 7. The molecule has 0 spiro atoms. The van der Waals surface area contributed by atoms with Crippen molar-refractivity contribution >= 4 is 28.2 Å². The van der Waals surface area contributed by atoms with Crippen molar-refractivity contribution in [2.24, 2.45) is 0 Å². The SMILES string of the molecule is C=C(/C=C\C(=C)C(=O)OC)CCC(Br)C=O. The minimum Gasteiger partial charge on any atom is -0.465 e. The molecule has 0 amide bonds. The number of hydrogen-bond donors (Lipinski definition) is 0. The fourth-order valence-electron chi connectivity index (χ4n) is 0.892. The standard InChI is InChI=1S/C12H15BrO3/c1-9(5-7-11(13)8-14)4-6-10(2)12(15)16-3/h4,6,8,11H,1-2,5,7H2,3H3/b6-4-. The number of ether oxygens (including phenoxy) is 1. The third kappa shape index (κ3) is 6.35. The molecule has 88 valence electrons. The molecule has 1 unspecified atom stereocenters. The first kappa shape index (κ1) is 14.8. The summed E-state index contributed by atoms with van der Waals surface area (Å²) in [6.45, 7) is 7.34. The zero-order valence-corrected chi connectivity index (χ0v) is 10.8. The number of aldehydes is 1. The molecule has 0 aliphatic carbocycles. The molecule has 0 N–H and O–H groups in total. The fourth-order valence-corrected chi connectivity index (χ4v) is 1.12. The van der Waals surface area contributed by atoms with Crippen LogP contribution < -0.4 is 0 Å². The molecule has 0 radical (unpaired) electrons. The molecule has 0 fully saturated rings. The van der Waals surface area contributed by atoms with Gasteiger partial charge in [-0.2, -0.15) is 0 Å². The number of hydrogen-bond acceptors (Lipinski definition) is 3. The molecule has 3 nitrogen and oxygen atoms in total. The average Bonchev–Trinajstić information content (AvgIpc) is 2.31. The van der Waals surface area contributed by atoms with E-state index < -0.39 is 5.97 Å². The summed E-state index contributed by atoms with van der Waals surface area (Å²) >= 11 is 3.19. The molecule has 0 aromatic rings. The van der Waals surface area contributed by atoms with Crippen molar-refractivity contribution in [3.8, 4) is 0 Å². The first-order valence-corrected chi connectivity index (χ1v) is 5.65. The van der Waals surface area contributed by atoms with Gasteiger partial charge in [-0.25, -0.2) is 4.79 Å². The van der Waals surface area contributed by atoms with E-state index in [1.54, 1.807) is 12.2 Å². The van der Waals surface area contributed by atoms with Crippen molar-refractivity contribution in [3.05, 3.63) is 36.5 Å². The van der Waals surface area contributed by atoms with Crippen molar-refractivity contribution in [2.75, 3.05) is 7.11 Å². The van der Waals surface area contributed by atoms with Gasteiger partial charge < -0.3 is 9.53 Å². The van der Waals surface area contributed by atoms with Crippen LogP contribution in [0.5, 0.6) is 0 Å². The van der Waals surface area contributed by atoms with E-state index in [-0.39, 0.29) is 10.4 Å². The van der Waals surface area contributed by atoms with Gasteiger partial charge in [-0.1, -0.05) is 40.7 Å². The van der Waals surface area contributed by atoms with Crippen molar-refractivity contribution in [2.45, 2.75) is 17.7 Å². The number of allylic oxidation sites excluding steroid dienone is 2. The summed E-state index contributed by atoms with van der Waals surface area (Å²) in [5, 5.41) is 0. The molecule has 0 saturated heterocycles. The Hall–Kier alpha value is -1.16. The molecule has 1 atom stereocenters. The van der Waals surface area contributed by atoms with Crippen LogP contribution in [0.4, 0.5) is 0 Å². The molecule has 0 aromatic carbocycles. The van der Waals surface area contributed by atoms with Crippen LogP contribution in [0.15, 0.2) is 36.5 Å². The van der Waals surface area contributed by atoms with E-state index in [1.165, 1.54) is 7.11 Å². The Morgan fingerprint density at radius 1 is 1.44 bits per heavy atom. The number of esters is 1. The quantitative estimate of drug-likeness (QED) is 0.238. The van der Waals surface area contributed by atoms with Crippen LogP contribution in [0.3, 0.4) is 0 Å². The van der Waals surface area contributed by atoms with Gasteiger partial charge in [-0.3, -0.25) is 0 Å². The smallest absolute Gasteiger partial charge is 0.337 e. The zero-order valence-electron chi connectivity index (χ0n) is 9.24. The van der Waals surface area contributed by atoms with Crippen LogP contribution in [0.1, 0.15) is 12.8 Å². The van der Waals surface area contributed by atoms with Crippen molar-refractivity contribution in [1.29, 1.82) is 0 Å². The first-order chi connectivity index (χ1) is 7.51. The highest BCUT2D eigenvalue weighted by atomic mass is 79.9. The summed E-state index contributed by atoms with van der Waals surface area (Å²) in [5.41, 5.74) is 1.10. The van der Waals surface area contributed by atoms with Crippen molar-refractivity contribution < 1.29 is 14.3 Å². The van der Waals surface area contributed by atoms with Crippen LogP contribution >= 0.6 is 15.9 Å². The maximum atomic E-state index is 11.0. The third-order valence-electron chi connectivity index (χ3n) is 1.86. The van der Waals surface area contributed by atoms with Crippen LogP contribution in [0, 0.1) is 0 Å². The predicted octanol–water partition coefficient (Wildman–Crippen LogP) is 2.57. The first-order valence-electron chi connectivity index (χ1n) is 4.73. The molecule has 0 aliphatic heterocycles. The number of methoxy groups -OCH3 is 1. The van der Waals surface area contributed by atoms with E-state index in [1.807, 2.05) is 0 Å². The Balaban J connectivity index is 4.05. The summed E-state index contributed by atoms with van der Waals surface area (Å²) in [6, 6.07) is 0. The molecular weight excluding hydrogens is 272 g/mol. The zero-order chi connectivity index (χ0) is 12.6. The summed E-state index contributed by atoms with van der Waals surface area (Å²) in [6.07, 6.45) is 5.45. The molecule has 16 heavy (non-hydrogen) atoms. The lowest BCUT2D eigenvalue weighted by Gasteiger charge is -2.02. The van der Waals surface area contributed by atoms with Crippen LogP contribution in [-0.2, 0) is 14.3 Å². The van der Waals surface area contributed by atoms with E-state index in [0.29, 0.717) is 12.8 Å². The highest BCUT2D eigenvalue weighted by Gasteiger charge is 2.03. The van der Waals surface area contributed by atoms with E-state index in [9.17, 15) is 9.59 Å². The largest absolute Gasteiger partial charge is 0.465 e. The van der Waals surface area contributed by atoms with Gasteiger partial charge >= 0.3 is 5.97 Å². The van der Waals surface area contributed by atoms with Gasteiger partial charge in [-0.15, -0.1) is 0 Å². The molecule has 0 heterocycles. The number of carbonyl (C=O) groups excluding carboxylic acids is 2. The molecule has 4 heteroatoms. The number of halogens is 1. The molecule has 0 bridgehead atoms. The van der Waals surface area contributed by atoms with Gasteiger partial charge in [-0.05, 0) is 18.9 Å². The lowest BCUT2D eigenvalue weighted by atomic mass is 10.1. The topological polar surface area (TPSA) is 43.4 Å². The van der Waals surface area contributed by atoms with Gasteiger partial charge in [0.2, 0.25) is 0 Å². The summed E-state index contributed by atoms with van der Waals surface area (Å²) in [4.78, 5) is 21.2. The Morgan fingerprint density at radius 3 is 2.56 bits per heavy atom. The highest BCUT2D eigenvalue weighted by molar-refractivity contribution is 9.09. The Bertz CT molecular complexity index is 318. The van der Waals surface area contributed by atoms with Gasteiger partial charge in [0.1, 0.15) is 6.29 Å². The van der Waals surface area contributed by atoms with Gasteiger partial charge in [0.05, 0.1) is 17.5 Å². The van der Waals surface area contributed by atoms with Crippen molar-refractivity contribution in [3.63, 3.8) is 0 Å². The summed E-state index contributed by atoms with van der Waals surface area (Å²) < 4.78 is 4.49. The lowest BCUT2D eigenvalue weighted by molar-refractivity contribution is -0.135. The van der Waals surface area contributed by atoms with Crippen LogP contribution in [-0.4, -0.2) is 24.2 Å². The monoisotopic (exact) mass is 286 g/mol. The maximum absolute atomic E-state index is 11.0. The highest BCUT2D eigenvalue weighted by Crippen LogP contribution is 2.12. The second-order valence-electron chi connectivity index (χ2n) is 3.20. The van der Waals surface area contributed by atoms with Crippen LogP contribution in [0.2, 0.25) is 0 Å². The van der Waals surface area contributed by atoms with E-state index >= 15 is 0 Å². The Morgan fingerprint density at radius 2 is 2.06 bits per heavy atom. The van der Waals surface area contributed by atoms with Gasteiger partial charge in [0.15, 0.2) is 0 Å². The molecule has 0 saturated carbocycles. The number of alkyl halides is 1. The summed E-state index contributed by atoms with van der Waals surface area (Å²) in [7, 11) is 1.30. The molecular formula is C12H15BrO3. The molecule has 0 aromatic heterocycles. The van der Waals surface area contributed by atoms with E-state index in [2.05, 4.69) is 33.8 Å². The average molecular weight is 287 g/mol. The normalized spacial score (nSPS) is 12.1. The third-order valence-corrected chi connectivity index (χ3v) is 2.53. The lowest BCUT2D eigenvalue weighted by Crippen LogP contribution is -2.01. The predicted molar refractivity (Wildman–Crippen MR) is 67.4 cm³/mol. The van der Waals surface area contributed by atoms with E-state index in [4.69, 9.17) is 0 Å².